The van der Waals surface area contributed by atoms with E-state index < -0.39 is 11.2 Å². The first-order valence-corrected chi connectivity index (χ1v) is 6.06. The Labute approximate surface area is 84.4 Å². The SMILES string of the molecule is CC[S+]([O-])CC.Cc1ccccc1. The second-order valence-corrected chi connectivity index (χ2v) is 4.71. The van der Waals surface area contributed by atoms with Gasteiger partial charge in [-0.05, 0) is 20.8 Å². The van der Waals surface area contributed by atoms with E-state index in [0.29, 0.717) is 0 Å². The maximum absolute atomic E-state index is 10.3. The average Bonchev–Trinajstić information content (AvgIpc) is 2.19. The topological polar surface area (TPSA) is 23.1 Å². The van der Waals surface area contributed by atoms with Crippen molar-refractivity contribution in [2.24, 2.45) is 0 Å². The van der Waals surface area contributed by atoms with E-state index in [1.807, 2.05) is 32.0 Å². The standard InChI is InChI=1S/C7H8.C4H10OS/c1-7-5-3-2-4-6-7;1-3-6(5)4-2/h2-6H,1H3;3-4H2,1-2H3. The van der Waals surface area contributed by atoms with Crippen LogP contribution in [-0.2, 0) is 11.2 Å². The molecule has 0 bridgehead atoms. The molecule has 1 rings (SSSR count). The first kappa shape index (κ1) is 12.5. The van der Waals surface area contributed by atoms with E-state index in [-0.39, 0.29) is 0 Å². The summed E-state index contributed by atoms with van der Waals surface area (Å²) in [4.78, 5) is 0. The fourth-order valence-electron chi connectivity index (χ4n) is 0.739. The fraction of sp³-hybridized carbons (Fsp3) is 0.455. The minimum Gasteiger partial charge on any atom is -0.616 e. The lowest BCUT2D eigenvalue weighted by molar-refractivity contribution is 0.597. The third-order valence-electron chi connectivity index (χ3n) is 1.58. The number of rotatable bonds is 2. The molecule has 1 aromatic rings. The zero-order chi connectivity index (χ0) is 10.1. The monoisotopic (exact) mass is 198 g/mol. The summed E-state index contributed by atoms with van der Waals surface area (Å²) in [7, 11) is 0. The van der Waals surface area contributed by atoms with Gasteiger partial charge < -0.3 is 4.55 Å². The van der Waals surface area contributed by atoms with Crippen molar-refractivity contribution in [3.05, 3.63) is 35.9 Å². The lowest BCUT2D eigenvalue weighted by Gasteiger charge is -2.01. The van der Waals surface area contributed by atoms with Crippen LogP contribution in [0.25, 0.3) is 0 Å². The predicted octanol–water partition coefficient (Wildman–Crippen LogP) is 2.77. The maximum atomic E-state index is 10.3. The largest absolute Gasteiger partial charge is 0.616 e. The van der Waals surface area contributed by atoms with Crippen LogP contribution in [0, 0.1) is 6.92 Å². The van der Waals surface area contributed by atoms with Gasteiger partial charge >= 0.3 is 0 Å². The van der Waals surface area contributed by atoms with E-state index in [1.165, 1.54) is 5.56 Å². The van der Waals surface area contributed by atoms with Crippen molar-refractivity contribution < 1.29 is 4.55 Å². The van der Waals surface area contributed by atoms with E-state index in [4.69, 9.17) is 0 Å². The molecule has 0 aliphatic heterocycles. The van der Waals surface area contributed by atoms with E-state index in [9.17, 15) is 4.55 Å². The van der Waals surface area contributed by atoms with E-state index in [2.05, 4.69) is 19.1 Å². The molecule has 0 fully saturated rings. The maximum Gasteiger partial charge on any atom is 0.102 e. The Hall–Kier alpha value is -0.470. The van der Waals surface area contributed by atoms with Gasteiger partial charge in [-0.15, -0.1) is 0 Å². The summed E-state index contributed by atoms with van der Waals surface area (Å²) >= 11 is -0.534. The molecule has 0 spiro atoms. The molecule has 0 radical (unpaired) electrons. The van der Waals surface area contributed by atoms with Gasteiger partial charge in [0.05, 0.1) is 0 Å². The van der Waals surface area contributed by atoms with Crippen LogP contribution in [0.4, 0.5) is 0 Å². The smallest absolute Gasteiger partial charge is 0.102 e. The van der Waals surface area contributed by atoms with E-state index in [0.717, 1.165) is 11.5 Å². The molecule has 0 saturated heterocycles. The van der Waals surface area contributed by atoms with Gasteiger partial charge in [-0.3, -0.25) is 0 Å². The Balaban J connectivity index is 0.000000226. The Kier molecular flexibility index (Phi) is 7.85. The molecule has 0 aliphatic rings. The molecule has 0 heterocycles. The zero-order valence-corrected chi connectivity index (χ0v) is 9.43. The highest BCUT2D eigenvalue weighted by Gasteiger charge is 1.91. The van der Waals surface area contributed by atoms with Crippen LogP contribution in [0.3, 0.4) is 0 Å². The highest BCUT2D eigenvalue weighted by molar-refractivity contribution is 7.91. The van der Waals surface area contributed by atoms with Crippen molar-refractivity contribution in [2.45, 2.75) is 20.8 Å². The van der Waals surface area contributed by atoms with Gasteiger partial charge in [0, 0.05) is 0 Å². The van der Waals surface area contributed by atoms with Gasteiger partial charge in [0.2, 0.25) is 0 Å². The molecular weight excluding hydrogens is 180 g/mol. The summed E-state index contributed by atoms with van der Waals surface area (Å²) in [6.07, 6.45) is 0. The van der Waals surface area contributed by atoms with E-state index in [1.54, 1.807) is 0 Å². The summed E-state index contributed by atoms with van der Waals surface area (Å²) in [5, 5.41) is 0. The van der Waals surface area contributed by atoms with Crippen LogP contribution in [-0.4, -0.2) is 16.1 Å². The molecule has 0 atom stereocenters. The molecule has 0 aromatic heterocycles. The summed E-state index contributed by atoms with van der Waals surface area (Å²) < 4.78 is 10.3. The predicted molar refractivity (Wildman–Crippen MR) is 60.4 cm³/mol. The molecule has 0 aliphatic carbocycles. The first-order valence-electron chi connectivity index (χ1n) is 4.57. The fourth-order valence-corrected chi connectivity index (χ4v) is 1.15. The molecule has 0 amide bonds. The molecule has 1 aromatic carbocycles. The first-order chi connectivity index (χ1) is 6.20. The van der Waals surface area contributed by atoms with Crippen LogP contribution in [0.15, 0.2) is 30.3 Å². The minimum absolute atomic E-state index is 0.534. The lowest BCUT2D eigenvalue weighted by atomic mass is 10.2. The Bertz CT molecular complexity index is 195. The summed E-state index contributed by atoms with van der Waals surface area (Å²) in [6.45, 7) is 5.94. The zero-order valence-electron chi connectivity index (χ0n) is 8.62. The summed E-state index contributed by atoms with van der Waals surface area (Å²) in [5.74, 6) is 1.60. The Morgan fingerprint density at radius 2 is 1.54 bits per heavy atom. The Morgan fingerprint density at radius 1 is 1.08 bits per heavy atom. The molecule has 0 saturated carbocycles. The number of benzene rings is 1. The quantitative estimate of drug-likeness (QED) is 0.670. The Morgan fingerprint density at radius 3 is 1.69 bits per heavy atom. The van der Waals surface area contributed by atoms with E-state index >= 15 is 0 Å². The van der Waals surface area contributed by atoms with Crippen molar-refractivity contribution in [1.82, 2.24) is 0 Å². The van der Waals surface area contributed by atoms with Gasteiger partial charge in [0.1, 0.15) is 11.5 Å². The molecule has 74 valence electrons. The summed E-state index contributed by atoms with van der Waals surface area (Å²) in [6, 6.07) is 10.3. The molecule has 0 unspecified atom stereocenters. The third kappa shape index (κ3) is 7.88. The van der Waals surface area contributed by atoms with Gasteiger partial charge in [-0.25, -0.2) is 0 Å². The molecule has 1 nitrogen and oxygen atoms in total. The van der Waals surface area contributed by atoms with Crippen LogP contribution >= 0.6 is 0 Å². The van der Waals surface area contributed by atoms with Crippen molar-refractivity contribution in [2.75, 3.05) is 11.5 Å². The van der Waals surface area contributed by atoms with Crippen LogP contribution < -0.4 is 0 Å². The molecular formula is C11H18OS. The van der Waals surface area contributed by atoms with Gasteiger partial charge in [0.25, 0.3) is 0 Å². The van der Waals surface area contributed by atoms with Gasteiger partial charge in [-0.1, -0.05) is 47.1 Å². The number of hydrogen-bond donors (Lipinski definition) is 0. The third-order valence-corrected chi connectivity index (χ3v) is 2.87. The van der Waals surface area contributed by atoms with Crippen LogP contribution in [0.1, 0.15) is 19.4 Å². The van der Waals surface area contributed by atoms with Crippen molar-refractivity contribution in [3.63, 3.8) is 0 Å². The van der Waals surface area contributed by atoms with Crippen molar-refractivity contribution in [1.29, 1.82) is 0 Å². The second kappa shape index (κ2) is 8.14. The lowest BCUT2D eigenvalue weighted by Crippen LogP contribution is -2.04. The summed E-state index contributed by atoms with van der Waals surface area (Å²) in [5.41, 5.74) is 1.32. The number of aryl methyl sites for hydroxylation is 1. The highest BCUT2D eigenvalue weighted by atomic mass is 32.2. The minimum atomic E-state index is -0.534. The molecule has 2 heteroatoms. The normalized spacial score (nSPS) is 9.31. The van der Waals surface area contributed by atoms with Crippen LogP contribution in [0.2, 0.25) is 0 Å². The average molecular weight is 198 g/mol. The number of hydrogen-bond acceptors (Lipinski definition) is 1. The highest BCUT2D eigenvalue weighted by Crippen LogP contribution is 1.92. The van der Waals surface area contributed by atoms with Crippen LogP contribution in [0.5, 0.6) is 0 Å². The second-order valence-electron chi connectivity index (χ2n) is 2.67. The van der Waals surface area contributed by atoms with Crippen molar-refractivity contribution in [3.8, 4) is 0 Å². The van der Waals surface area contributed by atoms with Gasteiger partial charge in [0.15, 0.2) is 0 Å². The molecule has 0 N–H and O–H groups in total. The van der Waals surface area contributed by atoms with Crippen molar-refractivity contribution >= 4 is 11.2 Å². The molecule has 13 heavy (non-hydrogen) atoms. The van der Waals surface area contributed by atoms with Gasteiger partial charge in [-0.2, -0.15) is 0 Å².